The molecule has 2 heterocycles. The highest BCUT2D eigenvalue weighted by Gasteiger charge is 2.35. The van der Waals surface area contributed by atoms with Crippen LogP contribution in [0.5, 0.6) is 5.75 Å². The van der Waals surface area contributed by atoms with E-state index in [2.05, 4.69) is 17.2 Å². The Morgan fingerprint density at radius 2 is 1.97 bits per heavy atom. The Kier molecular flexibility index (Phi) is 7.90. The molecule has 0 saturated carbocycles. The van der Waals surface area contributed by atoms with Crippen LogP contribution in [0.1, 0.15) is 50.8 Å². The summed E-state index contributed by atoms with van der Waals surface area (Å²) in [4.78, 5) is 17.7. The number of ether oxygens (including phenoxy) is 2. The van der Waals surface area contributed by atoms with Crippen LogP contribution in [0.4, 0.5) is 5.95 Å². The van der Waals surface area contributed by atoms with Gasteiger partial charge in [-0.05, 0) is 43.5 Å². The van der Waals surface area contributed by atoms with Crippen molar-refractivity contribution in [3.63, 3.8) is 0 Å². The first-order valence-electron chi connectivity index (χ1n) is 11.6. The molecule has 0 spiro atoms. The first kappa shape index (κ1) is 23.9. The summed E-state index contributed by atoms with van der Waals surface area (Å²) in [6.45, 7) is 6.60. The van der Waals surface area contributed by atoms with E-state index in [9.17, 15) is 4.79 Å². The summed E-state index contributed by atoms with van der Waals surface area (Å²) < 4.78 is 13.2. The fourth-order valence-corrected chi connectivity index (χ4v) is 4.71. The predicted molar refractivity (Wildman–Crippen MR) is 134 cm³/mol. The van der Waals surface area contributed by atoms with E-state index in [-0.39, 0.29) is 5.97 Å². The van der Waals surface area contributed by atoms with Crippen LogP contribution in [0, 0.1) is 0 Å². The molecule has 34 heavy (non-hydrogen) atoms. The monoisotopic (exact) mass is 478 g/mol. The zero-order valence-corrected chi connectivity index (χ0v) is 20.6. The fourth-order valence-electron chi connectivity index (χ4n) is 3.80. The minimum Gasteiger partial charge on any atom is -0.489 e. The molecule has 1 aromatic heterocycles. The van der Waals surface area contributed by atoms with Crippen LogP contribution >= 0.6 is 11.8 Å². The van der Waals surface area contributed by atoms with E-state index in [1.807, 2.05) is 61.5 Å². The summed E-state index contributed by atoms with van der Waals surface area (Å²) in [5.41, 5.74) is 3.20. The van der Waals surface area contributed by atoms with Crippen LogP contribution in [0.3, 0.4) is 0 Å². The number of benzene rings is 2. The molecule has 1 unspecified atom stereocenters. The molecular formula is C26H30N4O3S. The number of allylic oxidation sites excluding steroid dienone is 1. The minimum absolute atomic E-state index is 0.297. The zero-order chi connectivity index (χ0) is 23.9. The lowest BCUT2D eigenvalue weighted by molar-refractivity contribution is -0.139. The molecule has 8 heteroatoms. The van der Waals surface area contributed by atoms with Crippen molar-refractivity contribution in [1.29, 1.82) is 0 Å². The molecule has 1 N–H and O–H groups in total. The molecule has 0 fully saturated rings. The van der Waals surface area contributed by atoms with Crippen molar-refractivity contribution < 1.29 is 14.3 Å². The van der Waals surface area contributed by atoms with Crippen molar-refractivity contribution in [1.82, 2.24) is 14.8 Å². The van der Waals surface area contributed by atoms with Gasteiger partial charge in [-0.25, -0.2) is 9.48 Å². The van der Waals surface area contributed by atoms with Gasteiger partial charge in [0.05, 0.1) is 12.2 Å². The molecule has 0 radical (unpaired) electrons. The molecule has 0 aliphatic carbocycles. The Labute approximate surface area is 204 Å². The number of nitrogens with zero attached hydrogens (tertiary/aromatic N) is 3. The number of nitrogens with one attached hydrogen (secondary N) is 1. The van der Waals surface area contributed by atoms with Gasteiger partial charge >= 0.3 is 5.97 Å². The summed E-state index contributed by atoms with van der Waals surface area (Å²) >= 11 is 1.62. The number of fused-ring (bicyclic) bond motifs is 1. The van der Waals surface area contributed by atoms with Crippen LogP contribution in [-0.2, 0) is 16.1 Å². The van der Waals surface area contributed by atoms with Crippen molar-refractivity contribution in [2.24, 2.45) is 0 Å². The Hall–Kier alpha value is -3.26. The highest BCUT2D eigenvalue weighted by atomic mass is 32.2. The molecule has 0 amide bonds. The largest absolute Gasteiger partial charge is 0.489 e. The molecule has 3 aromatic rings. The molecular weight excluding hydrogens is 448 g/mol. The molecule has 1 aliphatic heterocycles. The van der Waals surface area contributed by atoms with Gasteiger partial charge in [0.2, 0.25) is 11.1 Å². The van der Waals surface area contributed by atoms with Gasteiger partial charge in [0.15, 0.2) is 0 Å². The van der Waals surface area contributed by atoms with E-state index in [0.29, 0.717) is 35.6 Å². The van der Waals surface area contributed by atoms with Gasteiger partial charge in [-0.15, -0.1) is 5.10 Å². The van der Waals surface area contributed by atoms with Crippen LogP contribution in [0.15, 0.2) is 71.0 Å². The van der Waals surface area contributed by atoms with E-state index in [1.165, 1.54) is 0 Å². The van der Waals surface area contributed by atoms with E-state index in [4.69, 9.17) is 14.6 Å². The molecule has 0 saturated heterocycles. The number of thioether (sulfide) groups is 1. The standard InChI is InChI=1S/C26H30N4O3S/c1-4-6-15-34-26-28-25-27-18(3)22(24(31)32-5-2)23(30(25)29-26)20-13-10-14-21(16-20)33-17-19-11-8-7-9-12-19/h7-14,16,23H,4-6,15,17H2,1-3H3,(H,27,28,29). The van der Waals surface area contributed by atoms with Crippen LogP contribution in [0.2, 0.25) is 0 Å². The topological polar surface area (TPSA) is 78.3 Å². The number of carbonyl (C=O) groups is 1. The van der Waals surface area contributed by atoms with Crippen molar-refractivity contribution in [2.45, 2.75) is 51.4 Å². The minimum atomic E-state index is -0.469. The van der Waals surface area contributed by atoms with Crippen LogP contribution in [-0.4, -0.2) is 33.1 Å². The van der Waals surface area contributed by atoms with Gasteiger partial charge < -0.3 is 14.8 Å². The van der Waals surface area contributed by atoms with E-state index >= 15 is 0 Å². The number of anilines is 1. The maximum absolute atomic E-state index is 13.0. The van der Waals surface area contributed by atoms with Crippen LogP contribution in [0.25, 0.3) is 0 Å². The Balaban J connectivity index is 1.67. The van der Waals surface area contributed by atoms with Gasteiger partial charge in [0, 0.05) is 11.4 Å². The van der Waals surface area contributed by atoms with E-state index < -0.39 is 6.04 Å². The maximum Gasteiger partial charge on any atom is 0.338 e. The average Bonchev–Trinajstić information content (AvgIpc) is 3.25. The Bertz CT molecular complexity index is 1160. The number of hydrogen-bond acceptors (Lipinski definition) is 7. The molecule has 1 aliphatic rings. The smallest absolute Gasteiger partial charge is 0.338 e. The quantitative estimate of drug-likeness (QED) is 0.231. The number of carbonyl (C=O) groups excluding carboxylic acids is 1. The van der Waals surface area contributed by atoms with E-state index in [0.717, 1.165) is 35.5 Å². The third-order valence-electron chi connectivity index (χ3n) is 5.48. The maximum atomic E-state index is 13.0. The first-order chi connectivity index (χ1) is 16.6. The number of hydrogen-bond donors (Lipinski definition) is 1. The SMILES string of the molecule is CCCCSc1nc2n(n1)C(c1cccc(OCc3ccccc3)c1)C(C(=O)OCC)=C(C)N2. The van der Waals surface area contributed by atoms with Crippen molar-refractivity contribution in [3.05, 3.63) is 77.0 Å². The molecule has 0 bridgehead atoms. The number of unbranched alkanes of at least 4 members (excludes halogenated alkanes) is 1. The third kappa shape index (κ3) is 5.44. The summed E-state index contributed by atoms with van der Waals surface area (Å²) in [7, 11) is 0. The number of rotatable bonds is 10. The second-order valence-electron chi connectivity index (χ2n) is 8.00. The Morgan fingerprint density at radius 1 is 1.15 bits per heavy atom. The van der Waals surface area contributed by atoms with Gasteiger partial charge in [-0.1, -0.05) is 67.6 Å². The highest BCUT2D eigenvalue weighted by Crippen LogP contribution is 2.37. The number of esters is 1. The van der Waals surface area contributed by atoms with Crippen molar-refractivity contribution in [2.75, 3.05) is 17.7 Å². The average molecular weight is 479 g/mol. The molecule has 4 rings (SSSR count). The lowest BCUT2D eigenvalue weighted by Gasteiger charge is -2.28. The summed E-state index contributed by atoms with van der Waals surface area (Å²) in [5.74, 6) is 1.92. The Morgan fingerprint density at radius 3 is 2.74 bits per heavy atom. The predicted octanol–water partition coefficient (Wildman–Crippen LogP) is 5.60. The fraction of sp³-hybridized carbons (Fsp3) is 0.346. The van der Waals surface area contributed by atoms with Gasteiger partial charge in [-0.2, -0.15) is 4.98 Å². The van der Waals surface area contributed by atoms with Crippen molar-refractivity contribution in [3.8, 4) is 5.75 Å². The van der Waals surface area contributed by atoms with Gasteiger partial charge in [0.1, 0.15) is 18.4 Å². The van der Waals surface area contributed by atoms with Crippen LogP contribution < -0.4 is 10.1 Å². The zero-order valence-electron chi connectivity index (χ0n) is 19.8. The number of aromatic nitrogens is 3. The molecule has 178 valence electrons. The molecule has 7 nitrogen and oxygen atoms in total. The summed E-state index contributed by atoms with van der Waals surface area (Å²) in [6, 6.07) is 17.3. The third-order valence-corrected chi connectivity index (χ3v) is 6.40. The summed E-state index contributed by atoms with van der Waals surface area (Å²) in [6.07, 6.45) is 2.21. The lowest BCUT2D eigenvalue weighted by atomic mass is 9.95. The normalized spacial score (nSPS) is 15.0. The second kappa shape index (κ2) is 11.2. The second-order valence-corrected chi connectivity index (χ2v) is 9.06. The summed E-state index contributed by atoms with van der Waals surface area (Å²) in [5, 5.41) is 8.69. The molecule has 1 atom stereocenters. The molecule has 2 aromatic carbocycles. The van der Waals surface area contributed by atoms with Gasteiger partial charge in [-0.3, -0.25) is 0 Å². The van der Waals surface area contributed by atoms with E-state index in [1.54, 1.807) is 23.4 Å². The first-order valence-corrected chi connectivity index (χ1v) is 12.6. The van der Waals surface area contributed by atoms with Gasteiger partial charge in [0.25, 0.3) is 0 Å². The highest BCUT2D eigenvalue weighted by molar-refractivity contribution is 7.99. The lowest BCUT2D eigenvalue weighted by Crippen LogP contribution is -2.29. The van der Waals surface area contributed by atoms with Crippen molar-refractivity contribution >= 4 is 23.7 Å².